The first-order chi connectivity index (χ1) is 8.95. The molecule has 1 aromatic carbocycles. The number of hydrogen-bond acceptors (Lipinski definition) is 3. The molecule has 0 aromatic heterocycles. The van der Waals surface area contributed by atoms with Crippen molar-refractivity contribution in [2.75, 3.05) is 31.2 Å². The van der Waals surface area contributed by atoms with Crippen LogP contribution in [0.25, 0.3) is 0 Å². The van der Waals surface area contributed by atoms with E-state index in [0.29, 0.717) is 12.2 Å². The van der Waals surface area contributed by atoms with Gasteiger partial charge < -0.3 is 10.2 Å². The van der Waals surface area contributed by atoms with Gasteiger partial charge in [0.1, 0.15) is 0 Å². The molecule has 0 aliphatic carbocycles. The van der Waals surface area contributed by atoms with Crippen LogP contribution in [0, 0.1) is 0 Å². The molecule has 0 spiro atoms. The van der Waals surface area contributed by atoms with Crippen LogP contribution in [-0.2, 0) is 14.6 Å². The molecule has 1 saturated heterocycles. The highest BCUT2D eigenvalue weighted by molar-refractivity contribution is 7.90. The van der Waals surface area contributed by atoms with Gasteiger partial charge in [-0.25, -0.2) is 8.42 Å². The lowest BCUT2D eigenvalue weighted by Crippen LogP contribution is -3.11. The van der Waals surface area contributed by atoms with Crippen LogP contribution in [0.3, 0.4) is 0 Å². The van der Waals surface area contributed by atoms with Crippen molar-refractivity contribution in [2.24, 2.45) is 0 Å². The lowest BCUT2D eigenvalue weighted by molar-refractivity contribution is -0.878. The van der Waals surface area contributed by atoms with E-state index in [9.17, 15) is 13.2 Å². The maximum absolute atomic E-state index is 11.8. The van der Waals surface area contributed by atoms with E-state index in [0.717, 1.165) is 19.3 Å². The van der Waals surface area contributed by atoms with Gasteiger partial charge in [0.25, 0.3) is 5.91 Å². The number of carbonyl (C=O) groups excluding carboxylic acids is 1. The van der Waals surface area contributed by atoms with Crippen LogP contribution in [-0.4, -0.2) is 40.2 Å². The number of nitrogens with one attached hydrogen (secondary N) is 2. The van der Waals surface area contributed by atoms with Crippen LogP contribution in [0.15, 0.2) is 29.2 Å². The lowest BCUT2D eigenvalue weighted by Gasteiger charge is -2.12. The summed E-state index contributed by atoms with van der Waals surface area (Å²) in [4.78, 5) is 13.4. The lowest BCUT2D eigenvalue weighted by atomic mass is 10.3. The molecular weight excluding hydrogens is 264 g/mol. The van der Waals surface area contributed by atoms with E-state index in [1.165, 1.54) is 29.9 Å². The van der Waals surface area contributed by atoms with Gasteiger partial charge in [0.15, 0.2) is 16.4 Å². The molecule has 0 bridgehead atoms. The second-order valence-electron chi connectivity index (χ2n) is 4.98. The van der Waals surface area contributed by atoms with Crippen molar-refractivity contribution in [1.29, 1.82) is 0 Å². The fourth-order valence-corrected chi connectivity index (χ4v) is 2.96. The number of sulfone groups is 1. The zero-order valence-electron chi connectivity index (χ0n) is 11.0. The Hall–Kier alpha value is -1.40. The quantitative estimate of drug-likeness (QED) is 0.798. The van der Waals surface area contributed by atoms with Crippen molar-refractivity contribution in [3.8, 4) is 0 Å². The van der Waals surface area contributed by atoms with E-state index in [1.807, 2.05) is 0 Å². The molecular formula is C13H19N2O3S+. The first-order valence-corrected chi connectivity index (χ1v) is 8.28. The second kappa shape index (κ2) is 5.71. The molecule has 1 aliphatic rings. The maximum atomic E-state index is 11.8. The Kier molecular flexibility index (Phi) is 4.21. The van der Waals surface area contributed by atoms with E-state index in [1.54, 1.807) is 12.1 Å². The van der Waals surface area contributed by atoms with Crippen LogP contribution in [0.5, 0.6) is 0 Å². The summed E-state index contributed by atoms with van der Waals surface area (Å²) in [6.45, 7) is 2.52. The van der Waals surface area contributed by atoms with Gasteiger partial charge >= 0.3 is 0 Å². The van der Waals surface area contributed by atoms with Crippen molar-refractivity contribution in [1.82, 2.24) is 0 Å². The maximum Gasteiger partial charge on any atom is 0.279 e. The largest absolute Gasteiger partial charge is 0.327 e. The smallest absolute Gasteiger partial charge is 0.279 e. The van der Waals surface area contributed by atoms with E-state index >= 15 is 0 Å². The predicted octanol–water partition coefficient (Wildman–Crippen LogP) is -0.293. The SMILES string of the molecule is CS(=O)(=O)c1cccc(NC(=O)C[NH+]2CCCC2)c1. The number of quaternary nitrogens is 1. The van der Waals surface area contributed by atoms with Gasteiger partial charge in [-0.3, -0.25) is 4.79 Å². The molecule has 0 radical (unpaired) electrons. The summed E-state index contributed by atoms with van der Waals surface area (Å²) in [5.74, 6) is -0.0671. The summed E-state index contributed by atoms with van der Waals surface area (Å²) in [6.07, 6.45) is 3.50. The van der Waals surface area contributed by atoms with Crippen LogP contribution in [0.4, 0.5) is 5.69 Å². The zero-order chi connectivity index (χ0) is 13.9. The van der Waals surface area contributed by atoms with Crippen molar-refractivity contribution in [3.05, 3.63) is 24.3 Å². The minimum Gasteiger partial charge on any atom is -0.327 e. The fourth-order valence-electron chi connectivity index (χ4n) is 2.29. The number of benzene rings is 1. The van der Waals surface area contributed by atoms with Gasteiger partial charge in [0.05, 0.1) is 18.0 Å². The third kappa shape index (κ3) is 4.04. The Morgan fingerprint density at radius 1 is 1.32 bits per heavy atom. The Balaban J connectivity index is 2.00. The second-order valence-corrected chi connectivity index (χ2v) is 7.00. The van der Waals surface area contributed by atoms with Gasteiger partial charge in [-0.1, -0.05) is 6.07 Å². The molecule has 1 aromatic rings. The van der Waals surface area contributed by atoms with Crippen molar-refractivity contribution >= 4 is 21.4 Å². The molecule has 1 fully saturated rings. The van der Waals surface area contributed by atoms with Crippen molar-refractivity contribution in [2.45, 2.75) is 17.7 Å². The van der Waals surface area contributed by atoms with Crippen molar-refractivity contribution < 1.29 is 18.1 Å². The summed E-state index contributed by atoms with van der Waals surface area (Å²) in [7, 11) is -3.24. The number of likely N-dealkylation sites (tertiary alicyclic amines) is 1. The highest BCUT2D eigenvalue weighted by Gasteiger charge is 2.19. The monoisotopic (exact) mass is 283 g/mol. The summed E-state index contributed by atoms with van der Waals surface area (Å²) in [6, 6.07) is 6.35. The van der Waals surface area contributed by atoms with Crippen LogP contribution >= 0.6 is 0 Å². The predicted molar refractivity (Wildman–Crippen MR) is 73.0 cm³/mol. The molecule has 19 heavy (non-hydrogen) atoms. The molecule has 2 rings (SSSR count). The Morgan fingerprint density at radius 2 is 2.00 bits per heavy atom. The molecule has 104 valence electrons. The number of anilines is 1. The summed E-state index contributed by atoms with van der Waals surface area (Å²) in [5, 5.41) is 2.76. The first-order valence-electron chi connectivity index (χ1n) is 6.39. The normalized spacial score (nSPS) is 16.5. The highest BCUT2D eigenvalue weighted by Crippen LogP contribution is 2.14. The van der Waals surface area contributed by atoms with Gasteiger partial charge in [-0.05, 0) is 18.2 Å². The number of amides is 1. The number of carbonyl (C=O) groups is 1. The molecule has 0 saturated carbocycles. The topological polar surface area (TPSA) is 67.7 Å². The van der Waals surface area contributed by atoms with Gasteiger partial charge in [0, 0.05) is 24.8 Å². The highest BCUT2D eigenvalue weighted by atomic mass is 32.2. The molecule has 5 nitrogen and oxygen atoms in total. The molecule has 0 unspecified atom stereocenters. The van der Waals surface area contributed by atoms with Crippen molar-refractivity contribution in [3.63, 3.8) is 0 Å². The Bertz CT molecular complexity index is 563. The minimum absolute atomic E-state index is 0.0671. The minimum atomic E-state index is -3.24. The van der Waals surface area contributed by atoms with Gasteiger partial charge in [-0.2, -0.15) is 0 Å². The summed E-state index contributed by atoms with van der Waals surface area (Å²) < 4.78 is 22.9. The van der Waals surface area contributed by atoms with Crippen LogP contribution < -0.4 is 10.2 Å². The molecule has 1 amide bonds. The van der Waals surface area contributed by atoms with E-state index in [4.69, 9.17) is 0 Å². The first kappa shape index (κ1) is 14.0. The molecule has 1 heterocycles. The fraction of sp³-hybridized carbons (Fsp3) is 0.462. The zero-order valence-corrected chi connectivity index (χ0v) is 11.8. The molecule has 1 aliphatic heterocycles. The van der Waals surface area contributed by atoms with E-state index < -0.39 is 9.84 Å². The average Bonchev–Trinajstić information content (AvgIpc) is 2.80. The average molecular weight is 283 g/mol. The third-order valence-electron chi connectivity index (χ3n) is 3.27. The van der Waals surface area contributed by atoms with Gasteiger partial charge in [-0.15, -0.1) is 0 Å². The Morgan fingerprint density at radius 3 is 2.63 bits per heavy atom. The molecule has 6 heteroatoms. The van der Waals surface area contributed by atoms with E-state index in [-0.39, 0.29) is 10.8 Å². The van der Waals surface area contributed by atoms with Gasteiger partial charge in [0.2, 0.25) is 0 Å². The molecule has 0 atom stereocenters. The number of rotatable bonds is 4. The van der Waals surface area contributed by atoms with Crippen LogP contribution in [0.1, 0.15) is 12.8 Å². The van der Waals surface area contributed by atoms with Crippen LogP contribution in [0.2, 0.25) is 0 Å². The Labute approximate surface area is 113 Å². The summed E-state index contributed by atoms with van der Waals surface area (Å²) in [5.41, 5.74) is 0.534. The molecule has 2 N–H and O–H groups in total. The number of hydrogen-bond donors (Lipinski definition) is 2. The van der Waals surface area contributed by atoms with E-state index in [2.05, 4.69) is 5.32 Å². The standard InChI is InChI=1S/C13H18N2O3S/c1-19(17,18)12-6-4-5-11(9-12)14-13(16)10-15-7-2-3-8-15/h4-6,9H,2-3,7-8,10H2,1H3,(H,14,16)/p+1. The third-order valence-corrected chi connectivity index (χ3v) is 4.38. The summed E-state index contributed by atoms with van der Waals surface area (Å²) >= 11 is 0.